The number of anilines is 2. The van der Waals surface area contributed by atoms with Gasteiger partial charge in [-0.1, -0.05) is 79.3 Å². The highest BCUT2D eigenvalue weighted by Gasteiger charge is 2.22. The van der Waals surface area contributed by atoms with Gasteiger partial charge in [-0.25, -0.2) is 28.1 Å². The highest BCUT2D eigenvalue weighted by Crippen LogP contribution is 2.31. The highest BCUT2D eigenvalue weighted by molar-refractivity contribution is 8.00. The van der Waals surface area contributed by atoms with Crippen LogP contribution in [0.2, 0.25) is 0 Å². The summed E-state index contributed by atoms with van der Waals surface area (Å²) in [6, 6.07) is 27.1. The van der Waals surface area contributed by atoms with Gasteiger partial charge in [0.05, 0.1) is 10.1 Å². The second kappa shape index (κ2) is 13.1. The third-order valence-electron chi connectivity index (χ3n) is 6.31. The molecule has 0 spiro atoms. The van der Waals surface area contributed by atoms with E-state index in [0.717, 1.165) is 11.1 Å². The Balaban J connectivity index is 1.31. The van der Waals surface area contributed by atoms with Crippen molar-refractivity contribution < 1.29 is 13.2 Å². The first-order chi connectivity index (χ1) is 20.7. The van der Waals surface area contributed by atoms with Gasteiger partial charge in [-0.2, -0.15) is 0 Å². The zero-order valence-electron chi connectivity index (χ0n) is 23.7. The maximum Gasteiger partial charge on any atom is 0.264 e. The molecule has 12 heteroatoms. The van der Waals surface area contributed by atoms with E-state index in [0.29, 0.717) is 40.0 Å². The largest absolute Gasteiger partial charge is 0.325 e. The molecule has 1 amide bonds. The van der Waals surface area contributed by atoms with Crippen LogP contribution < -0.4 is 10.0 Å². The minimum Gasteiger partial charge on any atom is -0.325 e. The van der Waals surface area contributed by atoms with Crippen LogP contribution in [0.15, 0.2) is 101 Å². The van der Waals surface area contributed by atoms with E-state index in [1.807, 2.05) is 67.6 Å². The molecule has 2 N–H and O–H groups in total. The molecule has 1 unspecified atom stereocenters. The summed E-state index contributed by atoms with van der Waals surface area (Å²) < 4.78 is 28.1. The summed E-state index contributed by atoms with van der Waals surface area (Å²) in [6.45, 7) is 5.42. The molecule has 10 nitrogen and oxygen atoms in total. The second-order valence-electron chi connectivity index (χ2n) is 9.63. The Labute approximate surface area is 254 Å². The molecule has 5 rings (SSSR count). The van der Waals surface area contributed by atoms with Crippen LogP contribution in [0.1, 0.15) is 24.7 Å². The average Bonchev–Trinajstić information content (AvgIpc) is 3.00. The van der Waals surface area contributed by atoms with Crippen LogP contribution in [-0.4, -0.2) is 44.7 Å². The van der Waals surface area contributed by atoms with Gasteiger partial charge in [-0.05, 0) is 50.6 Å². The quantitative estimate of drug-likeness (QED) is 0.184. The number of aromatic nitrogens is 5. The molecule has 2 aromatic heterocycles. The molecule has 1 atom stereocenters. The number of nitrogens with one attached hydrogen (secondary N) is 2. The van der Waals surface area contributed by atoms with Crippen LogP contribution in [0.3, 0.4) is 0 Å². The molecule has 0 radical (unpaired) electrons. The zero-order valence-corrected chi connectivity index (χ0v) is 25.4. The van der Waals surface area contributed by atoms with Crippen LogP contribution in [-0.2, 0) is 14.8 Å². The van der Waals surface area contributed by atoms with Gasteiger partial charge in [-0.3, -0.25) is 4.79 Å². The number of hydrogen-bond acceptors (Lipinski definition) is 9. The fourth-order valence-corrected chi connectivity index (χ4v) is 6.05. The van der Waals surface area contributed by atoms with Gasteiger partial charge >= 0.3 is 0 Å². The molecule has 3 aromatic carbocycles. The van der Waals surface area contributed by atoms with Crippen molar-refractivity contribution in [3.8, 4) is 22.5 Å². The van der Waals surface area contributed by atoms with Crippen molar-refractivity contribution in [2.45, 2.75) is 42.5 Å². The summed E-state index contributed by atoms with van der Waals surface area (Å²) >= 11 is 1.22. The van der Waals surface area contributed by atoms with E-state index in [4.69, 9.17) is 4.98 Å². The number of nitrogens with zero attached hydrogens (tertiary/aromatic N) is 5. The number of rotatable bonds is 10. The fourth-order valence-electron chi connectivity index (χ4n) is 4.29. The number of benzene rings is 3. The Hall–Kier alpha value is -4.68. The number of sulfonamides is 1. The Kier molecular flexibility index (Phi) is 9.07. The molecule has 0 fully saturated rings. The first kappa shape index (κ1) is 29.8. The molecule has 5 aromatic rings. The lowest BCUT2D eigenvalue weighted by Gasteiger charge is -2.15. The average molecular weight is 612 g/mol. The fraction of sp³-hybridized carbons (Fsp3) is 0.161. The van der Waals surface area contributed by atoms with Crippen LogP contribution in [0.5, 0.6) is 0 Å². The normalized spacial score (nSPS) is 12.0. The van der Waals surface area contributed by atoms with E-state index in [9.17, 15) is 13.2 Å². The molecule has 0 aliphatic heterocycles. The molecule has 0 aliphatic carbocycles. The first-order valence-electron chi connectivity index (χ1n) is 13.5. The SMILES string of the molecule is CCC(Sc1nnc(-c2ccccc2)c(-c2ccccc2)n1)C(=O)Nc1ccc(S(=O)(=O)Nc2nc(C)cc(C)n2)cc1. The summed E-state index contributed by atoms with van der Waals surface area (Å²) in [7, 11) is -3.92. The number of aryl methyl sites for hydroxylation is 2. The third-order valence-corrected chi connectivity index (χ3v) is 8.87. The van der Waals surface area contributed by atoms with Crippen molar-refractivity contribution in [2.24, 2.45) is 0 Å². The maximum absolute atomic E-state index is 13.2. The Morgan fingerprint density at radius 2 is 1.37 bits per heavy atom. The smallest absolute Gasteiger partial charge is 0.264 e. The lowest BCUT2D eigenvalue weighted by atomic mass is 10.0. The lowest BCUT2D eigenvalue weighted by molar-refractivity contribution is -0.115. The molecule has 0 saturated heterocycles. The number of thioether (sulfide) groups is 1. The van der Waals surface area contributed by atoms with Crippen molar-refractivity contribution in [1.82, 2.24) is 25.1 Å². The van der Waals surface area contributed by atoms with Gasteiger partial charge < -0.3 is 5.32 Å². The summed E-state index contributed by atoms with van der Waals surface area (Å²) in [5.41, 5.74) is 4.87. The summed E-state index contributed by atoms with van der Waals surface area (Å²) in [4.78, 5) is 26.3. The number of carbonyl (C=O) groups excluding carboxylic acids is 1. The van der Waals surface area contributed by atoms with E-state index in [1.165, 1.54) is 36.0 Å². The van der Waals surface area contributed by atoms with Gasteiger partial charge in [0.25, 0.3) is 10.0 Å². The molecule has 0 saturated carbocycles. The van der Waals surface area contributed by atoms with Gasteiger partial charge in [-0.15, -0.1) is 10.2 Å². The maximum atomic E-state index is 13.2. The van der Waals surface area contributed by atoms with E-state index in [2.05, 4.69) is 30.2 Å². The first-order valence-corrected chi connectivity index (χ1v) is 15.9. The van der Waals surface area contributed by atoms with E-state index in [-0.39, 0.29) is 16.8 Å². The standard InChI is InChI=1S/C31H29N7O3S2/c1-4-26(42-31-35-27(22-11-7-5-8-12-22)28(36-37-31)23-13-9-6-10-14-23)29(39)34-24-15-17-25(18-16-24)43(40,41)38-30-32-20(2)19-21(3)33-30/h5-19,26H,4H2,1-3H3,(H,34,39)(H,32,33,38). The van der Waals surface area contributed by atoms with Crippen molar-refractivity contribution in [3.63, 3.8) is 0 Å². The van der Waals surface area contributed by atoms with Crippen LogP contribution in [0.25, 0.3) is 22.5 Å². The molecule has 218 valence electrons. The van der Waals surface area contributed by atoms with Crippen molar-refractivity contribution in [3.05, 3.63) is 102 Å². The van der Waals surface area contributed by atoms with E-state index < -0.39 is 15.3 Å². The van der Waals surface area contributed by atoms with Crippen molar-refractivity contribution in [1.29, 1.82) is 0 Å². The number of carbonyl (C=O) groups is 1. The summed E-state index contributed by atoms with van der Waals surface area (Å²) in [5, 5.41) is 11.6. The zero-order chi connectivity index (χ0) is 30.4. The molecule has 0 bridgehead atoms. The van der Waals surface area contributed by atoms with Gasteiger partial charge in [0.2, 0.25) is 17.0 Å². The van der Waals surface area contributed by atoms with Crippen LogP contribution in [0.4, 0.5) is 11.6 Å². The highest BCUT2D eigenvalue weighted by atomic mass is 32.2. The van der Waals surface area contributed by atoms with Crippen LogP contribution in [0, 0.1) is 13.8 Å². The predicted octanol–water partition coefficient (Wildman–Crippen LogP) is 5.92. The van der Waals surface area contributed by atoms with Gasteiger partial charge in [0.1, 0.15) is 11.4 Å². The second-order valence-corrected chi connectivity index (χ2v) is 12.5. The van der Waals surface area contributed by atoms with Gasteiger partial charge in [0.15, 0.2) is 0 Å². The van der Waals surface area contributed by atoms with Crippen molar-refractivity contribution >= 4 is 39.3 Å². The van der Waals surface area contributed by atoms with E-state index in [1.54, 1.807) is 19.9 Å². The summed E-state index contributed by atoms with van der Waals surface area (Å²) in [6.07, 6.45) is 0.507. The minimum absolute atomic E-state index is 0.00150. The molecule has 0 aliphatic rings. The topological polar surface area (TPSA) is 140 Å². The Morgan fingerprint density at radius 1 is 0.791 bits per heavy atom. The third kappa shape index (κ3) is 7.40. The number of amides is 1. The molecular weight excluding hydrogens is 583 g/mol. The number of hydrogen-bond donors (Lipinski definition) is 2. The minimum atomic E-state index is -3.92. The van der Waals surface area contributed by atoms with Crippen molar-refractivity contribution in [2.75, 3.05) is 10.0 Å². The molecule has 2 heterocycles. The Morgan fingerprint density at radius 3 is 1.95 bits per heavy atom. The van der Waals surface area contributed by atoms with Gasteiger partial charge in [0, 0.05) is 28.2 Å². The molecular formula is C31H29N7O3S2. The predicted molar refractivity (Wildman–Crippen MR) is 168 cm³/mol. The monoisotopic (exact) mass is 611 g/mol. The van der Waals surface area contributed by atoms with E-state index >= 15 is 0 Å². The summed E-state index contributed by atoms with van der Waals surface area (Å²) in [5.74, 6) is -0.261. The Bertz CT molecular complexity index is 1820. The molecule has 43 heavy (non-hydrogen) atoms. The lowest BCUT2D eigenvalue weighted by Crippen LogP contribution is -2.25. The van der Waals surface area contributed by atoms with Crippen LogP contribution >= 0.6 is 11.8 Å².